The second-order valence-corrected chi connectivity index (χ2v) is 4.80. The van der Waals surface area contributed by atoms with E-state index in [9.17, 15) is 4.79 Å². The van der Waals surface area contributed by atoms with E-state index in [1.54, 1.807) is 19.2 Å². The number of carbonyl (C=O) groups is 1. The number of rotatable bonds is 10. The van der Waals surface area contributed by atoms with Crippen molar-refractivity contribution in [3.05, 3.63) is 29.6 Å². The van der Waals surface area contributed by atoms with E-state index < -0.39 is 0 Å². The van der Waals surface area contributed by atoms with Gasteiger partial charge in [0.1, 0.15) is 10.7 Å². The molecule has 0 saturated carbocycles. The number of thiocarbonyl (C=S) groups is 1. The minimum Gasteiger partial charge on any atom is -0.389 e. The topological polar surface area (TPSA) is 86.5 Å². The van der Waals surface area contributed by atoms with Crippen molar-refractivity contribution in [2.45, 2.75) is 12.8 Å². The molecule has 1 heterocycles. The molecule has 1 rings (SSSR count). The summed E-state index contributed by atoms with van der Waals surface area (Å²) in [5.74, 6) is -0.204. The molecule has 6 nitrogen and oxygen atoms in total. The van der Waals surface area contributed by atoms with Crippen LogP contribution in [0.1, 0.15) is 28.9 Å². The van der Waals surface area contributed by atoms with Crippen LogP contribution in [0.2, 0.25) is 0 Å². The lowest BCUT2D eigenvalue weighted by molar-refractivity contribution is 0.0686. The first-order chi connectivity index (χ1) is 10.1. The average Bonchev–Trinajstić information content (AvgIpc) is 2.49. The number of unbranched alkanes of at least 4 members (excludes halogenated alkanes) is 1. The van der Waals surface area contributed by atoms with E-state index in [-0.39, 0.29) is 10.9 Å². The first kappa shape index (κ1) is 17.5. The Morgan fingerprint density at radius 3 is 2.76 bits per heavy atom. The normalized spacial score (nSPS) is 10.3. The van der Waals surface area contributed by atoms with Crippen LogP contribution in [0.5, 0.6) is 0 Å². The number of hydrogen-bond donors (Lipinski definition) is 2. The van der Waals surface area contributed by atoms with Crippen LogP contribution in [0.3, 0.4) is 0 Å². The summed E-state index contributed by atoms with van der Waals surface area (Å²) < 4.78 is 10.2. The Kier molecular flexibility index (Phi) is 8.49. The van der Waals surface area contributed by atoms with Crippen molar-refractivity contribution in [3.8, 4) is 0 Å². The first-order valence-electron chi connectivity index (χ1n) is 6.76. The monoisotopic (exact) mass is 311 g/mol. The first-order valence-corrected chi connectivity index (χ1v) is 7.16. The van der Waals surface area contributed by atoms with Crippen molar-refractivity contribution in [1.82, 2.24) is 10.3 Å². The van der Waals surface area contributed by atoms with Crippen LogP contribution in [0.15, 0.2) is 18.3 Å². The number of hydrogen-bond acceptors (Lipinski definition) is 5. The van der Waals surface area contributed by atoms with Gasteiger partial charge in [0, 0.05) is 32.0 Å². The molecule has 1 amide bonds. The summed E-state index contributed by atoms with van der Waals surface area (Å²) in [6.07, 6.45) is 3.24. The summed E-state index contributed by atoms with van der Waals surface area (Å²) in [7, 11) is 1.64. The molecule has 116 valence electrons. The van der Waals surface area contributed by atoms with Gasteiger partial charge in [-0.3, -0.25) is 9.78 Å². The Labute approximate surface area is 130 Å². The van der Waals surface area contributed by atoms with E-state index in [1.807, 2.05) is 0 Å². The lowest BCUT2D eigenvalue weighted by atomic mass is 10.2. The molecule has 0 unspecified atom stereocenters. The molecule has 0 atom stereocenters. The number of nitrogens with two attached hydrogens (primary N) is 1. The molecule has 1 aromatic heterocycles. The predicted octanol–water partition coefficient (Wildman–Crippen LogP) is 0.889. The third-order valence-corrected chi connectivity index (χ3v) is 2.95. The standard InChI is InChI=1S/C14H21N3O3S/c1-19-8-9-20-7-3-2-6-16-14(18)12-5-4-11(10-17-12)13(15)21/h4-5,10H,2-3,6-9H2,1H3,(H2,15,21)(H,16,18). The SMILES string of the molecule is COCCOCCCCNC(=O)c1ccc(C(N)=S)cn1. The van der Waals surface area contributed by atoms with Crippen molar-refractivity contribution in [1.29, 1.82) is 0 Å². The fraction of sp³-hybridized carbons (Fsp3) is 0.500. The second-order valence-electron chi connectivity index (χ2n) is 4.36. The fourth-order valence-corrected chi connectivity index (χ4v) is 1.66. The zero-order valence-corrected chi connectivity index (χ0v) is 12.9. The maximum absolute atomic E-state index is 11.8. The number of carbonyl (C=O) groups excluding carboxylic acids is 1. The summed E-state index contributed by atoms with van der Waals surface area (Å²) in [5.41, 5.74) is 6.47. The molecular weight excluding hydrogens is 290 g/mol. The van der Waals surface area contributed by atoms with E-state index in [0.717, 1.165) is 12.8 Å². The molecule has 3 N–H and O–H groups in total. The zero-order valence-electron chi connectivity index (χ0n) is 12.1. The largest absolute Gasteiger partial charge is 0.389 e. The Bertz CT molecular complexity index is 451. The molecule has 7 heteroatoms. The summed E-state index contributed by atoms with van der Waals surface area (Å²) >= 11 is 4.83. The van der Waals surface area contributed by atoms with Gasteiger partial charge in [0.25, 0.3) is 5.91 Å². The number of methoxy groups -OCH3 is 1. The number of aromatic nitrogens is 1. The Morgan fingerprint density at radius 1 is 1.33 bits per heavy atom. The molecule has 0 fully saturated rings. The molecule has 0 aliphatic carbocycles. The van der Waals surface area contributed by atoms with Crippen LogP contribution in [0.25, 0.3) is 0 Å². The van der Waals surface area contributed by atoms with E-state index in [4.69, 9.17) is 27.4 Å². The van der Waals surface area contributed by atoms with Crippen molar-refractivity contribution < 1.29 is 14.3 Å². The minimum absolute atomic E-state index is 0.204. The van der Waals surface area contributed by atoms with Gasteiger partial charge in [0.05, 0.1) is 13.2 Å². The van der Waals surface area contributed by atoms with Crippen molar-refractivity contribution >= 4 is 23.1 Å². The lowest BCUT2D eigenvalue weighted by Crippen LogP contribution is -2.25. The van der Waals surface area contributed by atoms with Crippen LogP contribution < -0.4 is 11.1 Å². The molecular formula is C14H21N3O3S. The molecule has 0 aromatic carbocycles. The summed E-state index contributed by atoms with van der Waals surface area (Å²) in [6, 6.07) is 3.30. The number of amides is 1. The molecule has 0 aliphatic rings. The van der Waals surface area contributed by atoms with E-state index in [1.165, 1.54) is 6.20 Å². The van der Waals surface area contributed by atoms with Crippen molar-refractivity contribution in [2.24, 2.45) is 5.73 Å². The van der Waals surface area contributed by atoms with Crippen LogP contribution in [-0.2, 0) is 9.47 Å². The molecule has 21 heavy (non-hydrogen) atoms. The summed E-state index contributed by atoms with van der Waals surface area (Å²) in [4.78, 5) is 16.1. The Balaban J connectivity index is 2.17. The van der Waals surface area contributed by atoms with Gasteiger partial charge in [0.2, 0.25) is 0 Å². The number of pyridine rings is 1. The Hall–Kier alpha value is -1.57. The lowest BCUT2D eigenvalue weighted by Gasteiger charge is -2.06. The molecule has 1 aromatic rings. The van der Waals surface area contributed by atoms with Gasteiger partial charge in [-0.2, -0.15) is 0 Å². The Morgan fingerprint density at radius 2 is 2.14 bits per heavy atom. The van der Waals surface area contributed by atoms with Gasteiger partial charge in [0.15, 0.2) is 0 Å². The average molecular weight is 311 g/mol. The fourth-order valence-electron chi connectivity index (χ4n) is 1.54. The highest BCUT2D eigenvalue weighted by atomic mass is 32.1. The highest BCUT2D eigenvalue weighted by Gasteiger charge is 2.06. The maximum atomic E-state index is 11.8. The summed E-state index contributed by atoms with van der Waals surface area (Å²) in [6.45, 7) is 2.46. The van der Waals surface area contributed by atoms with Crippen LogP contribution in [0, 0.1) is 0 Å². The smallest absolute Gasteiger partial charge is 0.269 e. The second kappa shape index (κ2) is 10.2. The van der Waals surface area contributed by atoms with Gasteiger partial charge >= 0.3 is 0 Å². The molecule has 0 spiro atoms. The predicted molar refractivity (Wildman–Crippen MR) is 84.4 cm³/mol. The van der Waals surface area contributed by atoms with Gasteiger partial charge in [-0.05, 0) is 25.0 Å². The molecule has 0 saturated heterocycles. The van der Waals surface area contributed by atoms with Gasteiger partial charge in [-0.25, -0.2) is 0 Å². The minimum atomic E-state index is -0.204. The molecule has 0 radical (unpaired) electrons. The van der Waals surface area contributed by atoms with Crippen LogP contribution >= 0.6 is 12.2 Å². The van der Waals surface area contributed by atoms with Gasteiger partial charge < -0.3 is 20.5 Å². The molecule has 0 aliphatic heterocycles. The van der Waals surface area contributed by atoms with E-state index in [2.05, 4.69) is 10.3 Å². The third-order valence-electron chi connectivity index (χ3n) is 2.71. The summed E-state index contributed by atoms with van der Waals surface area (Å²) in [5, 5.41) is 2.80. The quantitative estimate of drug-likeness (QED) is 0.493. The highest BCUT2D eigenvalue weighted by Crippen LogP contribution is 2.00. The van der Waals surface area contributed by atoms with Crippen molar-refractivity contribution in [3.63, 3.8) is 0 Å². The molecule has 0 bridgehead atoms. The van der Waals surface area contributed by atoms with Crippen LogP contribution in [0.4, 0.5) is 0 Å². The van der Waals surface area contributed by atoms with E-state index in [0.29, 0.717) is 37.6 Å². The van der Waals surface area contributed by atoms with Crippen molar-refractivity contribution in [2.75, 3.05) is 33.5 Å². The third kappa shape index (κ3) is 7.12. The van der Waals surface area contributed by atoms with E-state index >= 15 is 0 Å². The number of ether oxygens (including phenoxy) is 2. The maximum Gasteiger partial charge on any atom is 0.269 e. The number of nitrogens with one attached hydrogen (secondary N) is 1. The zero-order chi connectivity index (χ0) is 15.5. The highest BCUT2D eigenvalue weighted by molar-refractivity contribution is 7.80. The van der Waals surface area contributed by atoms with Gasteiger partial charge in [-0.15, -0.1) is 0 Å². The number of nitrogens with zero attached hydrogens (tertiary/aromatic N) is 1. The van der Waals surface area contributed by atoms with Gasteiger partial charge in [-0.1, -0.05) is 12.2 Å². The van der Waals surface area contributed by atoms with Crippen LogP contribution in [-0.4, -0.2) is 49.4 Å².